The van der Waals surface area contributed by atoms with E-state index >= 15 is 0 Å². The monoisotopic (exact) mass is 439 g/mol. The summed E-state index contributed by atoms with van der Waals surface area (Å²) in [5, 5.41) is 4.49. The molecule has 1 amide bonds. The van der Waals surface area contributed by atoms with Gasteiger partial charge in [-0.1, -0.05) is 0 Å². The van der Waals surface area contributed by atoms with Crippen molar-refractivity contribution in [1.82, 2.24) is 9.97 Å². The highest BCUT2D eigenvalue weighted by Gasteiger charge is 2.29. The third-order valence-corrected chi connectivity index (χ3v) is 4.55. The molecule has 0 radical (unpaired) electrons. The topological polar surface area (TPSA) is 82.6 Å². The summed E-state index contributed by atoms with van der Waals surface area (Å²) in [6.45, 7) is -1.55. The second kappa shape index (κ2) is 8.99. The number of aromatic nitrogens is 2. The van der Waals surface area contributed by atoms with E-state index in [0.29, 0.717) is 22.8 Å². The van der Waals surface area contributed by atoms with Crippen LogP contribution in [-0.4, -0.2) is 42.9 Å². The minimum atomic E-state index is -4.55. The van der Waals surface area contributed by atoms with Crippen LogP contribution < -0.4 is 19.5 Å². The first kappa shape index (κ1) is 21.4. The number of benzene rings is 1. The Morgan fingerprint density at radius 3 is 2.70 bits per heavy atom. The van der Waals surface area contributed by atoms with Crippen molar-refractivity contribution in [3.63, 3.8) is 0 Å². The van der Waals surface area contributed by atoms with E-state index in [0.717, 1.165) is 11.3 Å². The minimum Gasteiger partial charge on any atom is -0.497 e. The summed E-state index contributed by atoms with van der Waals surface area (Å²) in [6.07, 6.45) is -3.32. The second-order valence-corrected chi connectivity index (χ2v) is 6.68. The van der Waals surface area contributed by atoms with E-state index in [-0.39, 0.29) is 10.7 Å². The van der Waals surface area contributed by atoms with Crippen LogP contribution in [0.4, 0.5) is 18.3 Å². The lowest BCUT2D eigenvalue weighted by Gasteiger charge is -2.11. The molecule has 0 unspecified atom stereocenters. The van der Waals surface area contributed by atoms with E-state index in [4.69, 9.17) is 9.47 Å². The number of hydrogen-bond donors (Lipinski definition) is 1. The molecule has 7 nitrogen and oxygen atoms in total. The molecular formula is C19H16F3N3O4S. The van der Waals surface area contributed by atoms with E-state index in [9.17, 15) is 18.0 Å². The zero-order valence-electron chi connectivity index (χ0n) is 15.8. The maximum Gasteiger partial charge on any atom is 0.422 e. The molecule has 1 aromatic carbocycles. The van der Waals surface area contributed by atoms with Crippen LogP contribution in [-0.2, 0) is 0 Å². The zero-order chi connectivity index (χ0) is 21.7. The highest BCUT2D eigenvalue weighted by Crippen LogP contribution is 2.35. The standard InChI is InChI=1S/C19H16F3N3O4S/c1-27-11-5-6-15(28-2)13(8-11)14-9-30-18(24-14)25-16(26)12-4-3-7-23-17(12)29-10-19(20,21)22/h3-9H,10H2,1-2H3,(H,24,25,26). The van der Waals surface area contributed by atoms with Crippen LogP contribution in [0.25, 0.3) is 11.3 Å². The van der Waals surface area contributed by atoms with Crippen molar-refractivity contribution < 1.29 is 32.2 Å². The summed E-state index contributed by atoms with van der Waals surface area (Å²) < 4.78 is 52.5. The normalized spacial score (nSPS) is 11.1. The first-order valence-electron chi connectivity index (χ1n) is 8.44. The molecule has 0 atom stereocenters. The molecule has 2 heterocycles. The Morgan fingerprint density at radius 2 is 2.00 bits per heavy atom. The number of carbonyl (C=O) groups excluding carboxylic acids is 1. The largest absolute Gasteiger partial charge is 0.497 e. The average Bonchev–Trinajstić information content (AvgIpc) is 3.19. The number of carbonyl (C=O) groups is 1. The third kappa shape index (κ3) is 5.17. The Kier molecular flexibility index (Phi) is 6.40. The minimum absolute atomic E-state index is 0.141. The molecule has 158 valence electrons. The quantitative estimate of drug-likeness (QED) is 0.587. The summed E-state index contributed by atoms with van der Waals surface area (Å²) in [7, 11) is 3.05. The molecule has 30 heavy (non-hydrogen) atoms. The van der Waals surface area contributed by atoms with Gasteiger partial charge in [-0.2, -0.15) is 13.2 Å². The molecule has 0 spiro atoms. The van der Waals surface area contributed by atoms with Gasteiger partial charge in [0, 0.05) is 17.1 Å². The molecule has 0 aliphatic heterocycles. The lowest BCUT2D eigenvalue weighted by molar-refractivity contribution is -0.154. The van der Waals surface area contributed by atoms with Gasteiger partial charge in [-0.3, -0.25) is 10.1 Å². The van der Waals surface area contributed by atoms with Crippen molar-refractivity contribution in [1.29, 1.82) is 0 Å². The van der Waals surface area contributed by atoms with Crippen LogP contribution in [0.2, 0.25) is 0 Å². The molecule has 0 bridgehead atoms. The number of methoxy groups -OCH3 is 2. The maximum absolute atomic E-state index is 12.5. The van der Waals surface area contributed by atoms with Gasteiger partial charge in [-0.15, -0.1) is 11.3 Å². The maximum atomic E-state index is 12.5. The van der Waals surface area contributed by atoms with Crippen molar-refractivity contribution in [2.75, 3.05) is 26.1 Å². The zero-order valence-corrected chi connectivity index (χ0v) is 16.6. The predicted octanol–water partition coefficient (Wildman–Crippen LogP) is 4.42. The van der Waals surface area contributed by atoms with E-state index in [1.807, 2.05) is 0 Å². The lowest BCUT2D eigenvalue weighted by Crippen LogP contribution is -2.21. The Labute approximate surface area is 173 Å². The SMILES string of the molecule is COc1ccc(OC)c(-c2csc(NC(=O)c3cccnc3OCC(F)(F)F)n2)c1. The van der Waals surface area contributed by atoms with Gasteiger partial charge in [0.2, 0.25) is 5.88 Å². The van der Waals surface area contributed by atoms with Crippen LogP contribution >= 0.6 is 11.3 Å². The summed E-state index contributed by atoms with van der Waals surface area (Å²) in [5.41, 5.74) is 1.05. The molecule has 0 aliphatic carbocycles. The number of anilines is 1. The summed E-state index contributed by atoms with van der Waals surface area (Å²) >= 11 is 1.14. The third-order valence-electron chi connectivity index (χ3n) is 3.80. The molecular weight excluding hydrogens is 423 g/mol. The molecule has 1 N–H and O–H groups in total. The Balaban J connectivity index is 1.80. The number of rotatable bonds is 7. The van der Waals surface area contributed by atoms with Crippen LogP contribution in [0.5, 0.6) is 17.4 Å². The molecule has 11 heteroatoms. The molecule has 0 aliphatic rings. The van der Waals surface area contributed by atoms with Gasteiger partial charge in [-0.25, -0.2) is 9.97 Å². The molecule has 3 aromatic rings. The van der Waals surface area contributed by atoms with Crippen LogP contribution in [0.15, 0.2) is 41.9 Å². The Hall–Kier alpha value is -3.34. The Morgan fingerprint density at radius 1 is 1.20 bits per heavy atom. The summed E-state index contributed by atoms with van der Waals surface area (Å²) in [6, 6.07) is 7.94. The number of alkyl halides is 3. The number of thiazole rings is 1. The lowest BCUT2D eigenvalue weighted by atomic mass is 10.1. The van der Waals surface area contributed by atoms with Crippen LogP contribution in [0.3, 0.4) is 0 Å². The molecule has 0 fully saturated rings. The first-order valence-corrected chi connectivity index (χ1v) is 9.32. The highest BCUT2D eigenvalue weighted by molar-refractivity contribution is 7.14. The van der Waals surface area contributed by atoms with E-state index in [1.54, 1.807) is 23.6 Å². The molecule has 3 rings (SSSR count). The van der Waals surface area contributed by atoms with Gasteiger partial charge in [0.25, 0.3) is 5.91 Å². The number of pyridine rings is 1. The Bertz CT molecular complexity index is 1040. The fraction of sp³-hybridized carbons (Fsp3) is 0.211. The fourth-order valence-electron chi connectivity index (χ4n) is 2.46. The van der Waals surface area contributed by atoms with Gasteiger partial charge in [0.05, 0.1) is 19.9 Å². The number of nitrogens with one attached hydrogen (secondary N) is 1. The number of amides is 1. The average molecular weight is 439 g/mol. The smallest absolute Gasteiger partial charge is 0.422 e. The number of nitrogens with zero attached hydrogens (tertiary/aromatic N) is 2. The molecule has 0 saturated heterocycles. The van der Waals surface area contributed by atoms with Gasteiger partial charge in [0.15, 0.2) is 11.7 Å². The van der Waals surface area contributed by atoms with E-state index < -0.39 is 24.6 Å². The van der Waals surface area contributed by atoms with Crippen LogP contribution in [0.1, 0.15) is 10.4 Å². The summed E-state index contributed by atoms with van der Waals surface area (Å²) in [4.78, 5) is 20.6. The molecule has 2 aromatic heterocycles. The summed E-state index contributed by atoms with van der Waals surface area (Å²) in [5.74, 6) is 0.0534. The van der Waals surface area contributed by atoms with Crippen molar-refractivity contribution >= 4 is 22.4 Å². The first-order chi connectivity index (χ1) is 14.3. The predicted molar refractivity (Wildman–Crippen MR) is 104 cm³/mol. The number of halogens is 3. The van der Waals surface area contributed by atoms with Gasteiger partial charge < -0.3 is 14.2 Å². The van der Waals surface area contributed by atoms with Crippen molar-refractivity contribution in [3.05, 3.63) is 47.5 Å². The highest BCUT2D eigenvalue weighted by atomic mass is 32.1. The van der Waals surface area contributed by atoms with Crippen molar-refractivity contribution in [2.24, 2.45) is 0 Å². The van der Waals surface area contributed by atoms with Crippen LogP contribution in [0, 0.1) is 0 Å². The van der Waals surface area contributed by atoms with E-state index in [1.165, 1.54) is 32.5 Å². The van der Waals surface area contributed by atoms with E-state index in [2.05, 4.69) is 20.0 Å². The van der Waals surface area contributed by atoms with Gasteiger partial charge >= 0.3 is 6.18 Å². The van der Waals surface area contributed by atoms with Crippen molar-refractivity contribution in [2.45, 2.75) is 6.18 Å². The second-order valence-electron chi connectivity index (χ2n) is 5.82. The number of ether oxygens (including phenoxy) is 3. The molecule has 0 saturated carbocycles. The van der Waals surface area contributed by atoms with Gasteiger partial charge in [0.1, 0.15) is 17.1 Å². The van der Waals surface area contributed by atoms with Crippen molar-refractivity contribution in [3.8, 4) is 28.6 Å². The fourth-order valence-corrected chi connectivity index (χ4v) is 3.17. The number of hydrogen-bond acceptors (Lipinski definition) is 7. The van der Waals surface area contributed by atoms with Gasteiger partial charge in [-0.05, 0) is 30.3 Å².